The molecule has 1 aromatic heterocycles. The number of aromatic nitrogens is 2. The summed E-state index contributed by atoms with van der Waals surface area (Å²) >= 11 is 0. The van der Waals surface area contributed by atoms with Crippen LogP contribution in [0.5, 0.6) is 0 Å². The van der Waals surface area contributed by atoms with Crippen molar-refractivity contribution in [2.45, 2.75) is 45.1 Å². The molecule has 5 heteroatoms. The van der Waals surface area contributed by atoms with Crippen LogP contribution >= 0.6 is 0 Å². The van der Waals surface area contributed by atoms with Crippen molar-refractivity contribution in [2.24, 2.45) is 5.73 Å². The molecule has 5 nitrogen and oxygen atoms in total. The number of nitrogen functional groups attached to an aromatic ring is 1. The first kappa shape index (κ1) is 12.8. The molecule has 1 aromatic rings. The highest BCUT2D eigenvalue weighted by Crippen LogP contribution is 2.27. The minimum atomic E-state index is -0.000998. The molecule has 2 rings (SSSR count). The van der Waals surface area contributed by atoms with Crippen LogP contribution in [0.2, 0.25) is 0 Å². The molecule has 1 aliphatic heterocycles. The zero-order chi connectivity index (χ0) is 13.0. The van der Waals surface area contributed by atoms with Gasteiger partial charge in [-0.2, -0.15) is 0 Å². The summed E-state index contributed by atoms with van der Waals surface area (Å²) in [4.78, 5) is 10.9. The highest BCUT2D eigenvalue weighted by molar-refractivity contribution is 5.97. The van der Waals surface area contributed by atoms with E-state index in [1.165, 1.54) is 19.3 Å². The molecular weight excluding hydrogens is 226 g/mol. The molecule has 1 aliphatic rings. The highest BCUT2D eigenvalue weighted by Gasteiger charge is 2.25. The zero-order valence-electron chi connectivity index (χ0n) is 10.9. The van der Waals surface area contributed by atoms with E-state index in [0.29, 0.717) is 11.7 Å². The van der Waals surface area contributed by atoms with Crippen molar-refractivity contribution in [1.29, 1.82) is 5.41 Å². The summed E-state index contributed by atoms with van der Waals surface area (Å²) in [6.07, 6.45) is 9.25. The van der Waals surface area contributed by atoms with Gasteiger partial charge < -0.3 is 10.6 Å². The van der Waals surface area contributed by atoms with Gasteiger partial charge in [-0.25, -0.2) is 9.97 Å². The van der Waals surface area contributed by atoms with E-state index in [2.05, 4.69) is 21.8 Å². The molecule has 0 radical (unpaired) electrons. The van der Waals surface area contributed by atoms with Crippen LogP contribution in [0.4, 0.5) is 5.82 Å². The predicted octanol–water partition coefficient (Wildman–Crippen LogP) is 1.92. The number of piperidine rings is 1. The van der Waals surface area contributed by atoms with Crippen LogP contribution in [-0.2, 0) is 0 Å². The molecule has 0 amide bonds. The third-order valence-electron chi connectivity index (χ3n) is 3.46. The maximum atomic E-state index is 7.61. The van der Waals surface area contributed by atoms with E-state index >= 15 is 0 Å². The quantitative estimate of drug-likeness (QED) is 0.629. The molecule has 0 aromatic carbocycles. The molecule has 1 fully saturated rings. The maximum Gasteiger partial charge on any atom is 0.158 e. The second kappa shape index (κ2) is 5.80. The van der Waals surface area contributed by atoms with E-state index in [1.807, 2.05) is 0 Å². The van der Waals surface area contributed by atoms with Gasteiger partial charge in [0.1, 0.15) is 11.5 Å². The van der Waals surface area contributed by atoms with E-state index in [-0.39, 0.29) is 5.84 Å². The molecule has 0 bridgehead atoms. The Kier molecular flexibility index (Phi) is 4.12. The Morgan fingerprint density at radius 2 is 2.22 bits per heavy atom. The van der Waals surface area contributed by atoms with E-state index in [0.717, 1.165) is 25.2 Å². The largest absolute Gasteiger partial charge is 0.382 e. The van der Waals surface area contributed by atoms with Gasteiger partial charge in [0.25, 0.3) is 0 Å². The van der Waals surface area contributed by atoms with Crippen molar-refractivity contribution in [3.05, 3.63) is 18.1 Å². The van der Waals surface area contributed by atoms with Crippen LogP contribution in [0, 0.1) is 5.41 Å². The molecule has 98 valence electrons. The zero-order valence-corrected chi connectivity index (χ0v) is 10.9. The maximum absolute atomic E-state index is 7.61. The molecule has 1 unspecified atom stereocenters. The first-order chi connectivity index (χ1) is 8.74. The molecule has 2 heterocycles. The summed E-state index contributed by atoms with van der Waals surface area (Å²) < 4.78 is 0. The predicted molar refractivity (Wildman–Crippen MR) is 72.9 cm³/mol. The summed E-state index contributed by atoms with van der Waals surface area (Å²) in [6.45, 7) is 3.19. The first-order valence-corrected chi connectivity index (χ1v) is 6.66. The molecule has 1 saturated heterocycles. The second-order valence-corrected chi connectivity index (χ2v) is 4.77. The number of hydrogen-bond acceptors (Lipinski definition) is 4. The van der Waals surface area contributed by atoms with Crippen LogP contribution in [-0.4, -0.2) is 28.4 Å². The average molecular weight is 247 g/mol. The van der Waals surface area contributed by atoms with Gasteiger partial charge >= 0.3 is 0 Å². The van der Waals surface area contributed by atoms with E-state index in [1.54, 1.807) is 12.4 Å². The fraction of sp³-hybridized carbons (Fsp3) is 0.615. The number of hydrogen-bond donors (Lipinski definition) is 2. The molecule has 0 saturated carbocycles. The Balaban J connectivity index is 2.30. The monoisotopic (exact) mass is 247 g/mol. The van der Waals surface area contributed by atoms with Gasteiger partial charge in [0, 0.05) is 25.0 Å². The normalized spacial score (nSPS) is 19.8. The van der Waals surface area contributed by atoms with E-state index < -0.39 is 0 Å². The number of nitrogens with two attached hydrogens (primary N) is 1. The van der Waals surface area contributed by atoms with Crippen molar-refractivity contribution in [1.82, 2.24) is 9.97 Å². The number of anilines is 1. The molecule has 0 aliphatic carbocycles. The Morgan fingerprint density at radius 3 is 2.94 bits per heavy atom. The third-order valence-corrected chi connectivity index (χ3v) is 3.46. The number of nitrogens with zero attached hydrogens (tertiary/aromatic N) is 3. The average Bonchev–Trinajstić information content (AvgIpc) is 2.40. The molecule has 1 atom stereocenters. The molecular formula is C13H21N5. The summed E-state index contributed by atoms with van der Waals surface area (Å²) in [5.41, 5.74) is 6.11. The van der Waals surface area contributed by atoms with Crippen LogP contribution < -0.4 is 10.6 Å². The summed E-state index contributed by atoms with van der Waals surface area (Å²) in [7, 11) is 0. The molecule has 3 N–H and O–H groups in total. The fourth-order valence-electron chi connectivity index (χ4n) is 2.64. The lowest BCUT2D eigenvalue weighted by molar-refractivity contribution is 0.431. The van der Waals surface area contributed by atoms with Crippen molar-refractivity contribution in [3.63, 3.8) is 0 Å². The van der Waals surface area contributed by atoms with Crippen LogP contribution in [0.15, 0.2) is 12.4 Å². The summed E-state index contributed by atoms with van der Waals surface area (Å²) in [5.74, 6) is 0.780. The minimum Gasteiger partial charge on any atom is -0.382 e. The lowest BCUT2D eigenvalue weighted by Gasteiger charge is -2.37. The van der Waals surface area contributed by atoms with Gasteiger partial charge in [0.2, 0.25) is 0 Å². The van der Waals surface area contributed by atoms with Gasteiger partial charge in [0.05, 0.1) is 0 Å². The smallest absolute Gasteiger partial charge is 0.158 e. The van der Waals surface area contributed by atoms with Gasteiger partial charge in [-0.05, 0) is 25.7 Å². The number of amidine groups is 1. The van der Waals surface area contributed by atoms with Crippen molar-refractivity contribution < 1.29 is 0 Å². The first-order valence-electron chi connectivity index (χ1n) is 6.66. The fourth-order valence-corrected chi connectivity index (χ4v) is 2.64. The van der Waals surface area contributed by atoms with E-state index in [9.17, 15) is 0 Å². The Hall–Kier alpha value is -1.65. The lowest BCUT2D eigenvalue weighted by Crippen LogP contribution is -2.41. The van der Waals surface area contributed by atoms with Crippen molar-refractivity contribution >= 4 is 11.7 Å². The molecule has 0 spiro atoms. The minimum absolute atomic E-state index is 0.000998. The number of nitrogens with one attached hydrogen (secondary N) is 1. The van der Waals surface area contributed by atoms with Gasteiger partial charge in [-0.15, -0.1) is 0 Å². The topological polar surface area (TPSA) is 78.9 Å². The SMILES string of the molecule is CCCC1CCCCN1c1nccnc1C(=N)N. The highest BCUT2D eigenvalue weighted by atomic mass is 15.2. The van der Waals surface area contributed by atoms with Gasteiger partial charge in [-0.1, -0.05) is 13.3 Å². The van der Waals surface area contributed by atoms with Crippen molar-refractivity contribution in [3.8, 4) is 0 Å². The Labute approximate surface area is 108 Å². The Bertz CT molecular complexity index is 416. The van der Waals surface area contributed by atoms with E-state index in [4.69, 9.17) is 11.1 Å². The van der Waals surface area contributed by atoms with Gasteiger partial charge in [-0.3, -0.25) is 5.41 Å². The summed E-state index contributed by atoms with van der Waals surface area (Å²) in [6, 6.07) is 0.513. The van der Waals surface area contributed by atoms with Crippen molar-refractivity contribution in [2.75, 3.05) is 11.4 Å². The molecule has 18 heavy (non-hydrogen) atoms. The van der Waals surface area contributed by atoms with Crippen LogP contribution in [0.1, 0.15) is 44.7 Å². The lowest BCUT2D eigenvalue weighted by atomic mass is 9.98. The van der Waals surface area contributed by atoms with Gasteiger partial charge in [0.15, 0.2) is 5.82 Å². The van der Waals surface area contributed by atoms with Crippen LogP contribution in [0.3, 0.4) is 0 Å². The summed E-state index contributed by atoms with van der Waals surface area (Å²) in [5, 5.41) is 7.61. The van der Waals surface area contributed by atoms with Crippen LogP contribution in [0.25, 0.3) is 0 Å². The standard InChI is InChI=1S/C13H21N5/c1-2-5-10-6-3-4-9-18(10)13-11(12(14)15)16-7-8-17-13/h7-8,10H,2-6,9H2,1H3,(H3,14,15). The third kappa shape index (κ3) is 2.60. The Morgan fingerprint density at radius 1 is 1.44 bits per heavy atom. The second-order valence-electron chi connectivity index (χ2n) is 4.77. The number of rotatable bonds is 4.